The Hall–Kier alpha value is -0.800. The lowest BCUT2D eigenvalue weighted by molar-refractivity contribution is -0.134. The Morgan fingerprint density at radius 1 is 1.25 bits per heavy atom. The molecule has 1 heterocycles. The summed E-state index contributed by atoms with van der Waals surface area (Å²) in [5, 5.41) is 19.7. The van der Waals surface area contributed by atoms with Crippen LogP contribution in [-0.2, 0) is 0 Å². The van der Waals surface area contributed by atoms with Crippen molar-refractivity contribution in [2.45, 2.75) is 5.91 Å². The first-order valence-electron chi connectivity index (χ1n) is 2.27. The molecule has 0 aromatic heterocycles. The van der Waals surface area contributed by atoms with Gasteiger partial charge in [0.15, 0.2) is 0 Å². The maximum absolute atomic E-state index is 8.68. The zero-order chi connectivity index (χ0) is 6.04. The average Bonchev–Trinajstić information content (AvgIpc) is 1.65. The quantitative estimate of drug-likeness (QED) is 0.364. The van der Waals surface area contributed by atoms with Gasteiger partial charge in [-0.2, -0.15) is 0 Å². The Labute approximate surface area is 47.0 Å². The van der Waals surface area contributed by atoms with Gasteiger partial charge in [-0.05, 0) is 12.2 Å². The first kappa shape index (κ1) is 5.34. The van der Waals surface area contributed by atoms with E-state index in [1.54, 1.807) is 12.2 Å². The molecule has 8 heavy (non-hydrogen) atoms. The minimum absolute atomic E-state index is 1.24. The molecule has 1 aliphatic heterocycles. The fourth-order valence-corrected chi connectivity index (χ4v) is 0.464. The van der Waals surface area contributed by atoms with Gasteiger partial charge in [-0.25, -0.2) is 0 Å². The molecule has 0 aliphatic carbocycles. The van der Waals surface area contributed by atoms with Crippen LogP contribution < -0.4 is 5.32 Å². The Bertz CT molecular complexity index is 137. The van der Waals surface area contributed by atoms with Gasteiger partial charge in [-0.3, -0.25) is 0 Å². The van der Waals surface area contributed by atoms with Gasteiger partial charge in [-0.15, -0.1) is 0 Å². The summed E-state index contributed by atoms with van der Waals surface area (Å²) in [6.07, 6.45) is 5.92. The lowest BCUT2D eigenvalue weighted by atomic mass is 10.3. The van der Waals surface area contributed by atoms with Crippen molar-refractivity contribution in [3.05, 3.63) is 24.4 Å². The van der Waals surface area contributed by atoms with Crippen molar-refractivity contribution in [2.24, 2.45) is 0 Å². The van der Waals surface area contributed by atoms with Crippen LogP contribution >= 0.6 is 0 Å². The number of dihydropyridines is 1. The molecule has 0 aromatic rings. The number of nitrogens with one attached hydrogen (secondary N) is 1. The van der Waals surface area contributed by atoms with E-state index in [0.717, 1.165) is 0 Å². The highest BCUT2D eigenvalue weighted by Gasteiger charge is 2.16. The van der Waals surface area contributed by atoms with E-state index in [-0.39, 0.29) is 0 Å². The van der Waals surface area contributed by atoms with Crippen molar-refractivity contribution in [3.8, 4) is 0 Å². The second-order valence-corrected chi connectivity index (χ2v) is 1.59. The molecule has 0 amide bonds. The lowest BCUT2D eigenvalue weighted by Crippen LogP contribution is -2.40. The maximum Gasteiger partial charge on any atom is 0.265 e. The molecule has 3 nitrogen and oxygen atoms in total. The van der Waals surface area contributed by atoms with Crippen LogP contribution in [0.4, 0.5) is 0 Å². The molecule has 0 radical (unpaired) electrons. The molecule has 0 fully saturated rings. The van der Waals surface area contributed by atoms with E-state index in [2.05, 4.69) is 5.32 Å². The fourth-order valence-electron chi connectivity index (χ4n) is 0.464. The van der Waals surface area contributed by atoms with Gasteiger partial charge in [0.1, 0.15) is 0 Å². The number of rotatable bonds is 0. The van der Waals surface area contributed by atoms with Gasteiger partial charge < -0.3 is 15.5 Å². The van der Waals surface area contributed by atoms with E-state index in [1.807, 2.05) is 0 Å². The average molecular weight is 113 g/mol. The van der Waals surface area contributed by atoms with Gasteiger partial charge in [0.25, 0.3) is 5.91 Å². The molecular weight excluding hydrogens is 106 g/mol. The van der Waals surface area contributed by atoms with Crippen LogP contribution in [0.2, 0.25) is 0 Å². The molecule has 0 unspecified atom stereocenters. The highest BCUT2D eigenvalue weighted by atomic mass is 16.5. The molecule has 3 heteroatoms. The SMILES string of the molecule is OC1(O)C=CC=CN1. The monoisotopic (exact) mass is 113 g/mol. The largest absolute Gasteiger partial charge is 0.346 e. The standard InChI is InChI=1S/C5H7NO2/c7-5(8)3-1-2-4-6-5/h1-4,6-8H. The fraction of sp³-hybridized carbons (Fsp3) is 0.200. The van der Waals surface area contributed by atoms with Gasteiger partial charge in [-0.1, -0.05) is 6.08 Å². The minimum Gasteiger partial charge on any atom is -0.346 e. The van der Waals surface area contributed by atoms with E-state index in [9.17, 15) is 0 Å². The molecule has 0 saturated carbocycles. The van der Waals surface area contributed by atoms with Gasteiger partial charge >= 0.3 is 0 Å². The van der Waals surface area contributed by atoms with Crippen molar-refractivity contribution in [3.63, 3.8) is 0 Å². The number of aliphatic hydroxyl groups is 2. The number of allylic oxidation sites excluding steroid dienone is 2. The molecule has 1 aliphatic rings. The van der Waals surface area contributed by atoms with Crippen LogP contribution in [0.5, 0.6) is 0 Å². The molecule has 0 atom stereocenters. The van der Waals surface area contributed by atoms with Crippen LogP contribution in [0.15, 0.2) is 24.4 Å². The van der Waals surface area contributed by atoms with E-state index in [1.165, 1.54) is 12.3 Å². The predicted molar refractivity (Wildman–Crippen MR) is 28.6 cm³/mol. The zero-order valence-corrected chi connectivity index (χ0v) is 4.20. The summed E-state index contributed by atoms with van der Waals surface area (Å²) in [5.74, 6) is -1.84. The second kappa shape index (κ2) is 1.61. The summed E-state index contributed by atoms with van der Waals surface area (Å²) < 4.78 is 0. The lowest BCUT2D eigenvalue weighted by Gasteiger charge is -2.18. The molecule has 0 bridgehead atoms. The summed E-state index contributed by atoms with van der Waals surface area (Å²) in [5.41, 5.74) is 0. The minimum atomic E-state index is -1.84. The zero-order valence-electron chi connectivity index (χ0n) is 4.20. The van der Waals surface area contributed by atoms with Crippen LogP contribution in [0, 0.1) is 0 Å². The molecule has 0 spiro atoms. The maximum atomic E-state index is 8.68. The highest BCUT2D eigenvalue weighted by Crippen LogP contribution is 1.99. The Morgan fingerprint density at radius 3 is 2.25 bits per heavy atom. The third-order valence-corrected chi connectivity index (χ3v) is 0.832. The van der Waals surface area contributed by atoms with Crippen LogP contribution in [0.25, 0.3) is 0 Å². The highest BCUT2D eigenvalue weighted by molar-refractivity contribution is 5.11. The Balaban J connectivity index is 2.65. The molecule has 0 aromatic carbocycles. The molecule has 0 saturated heterocycles. The topological polar surface area (TPSA) is 52.5 Å². The molecule has 3 N–H and O–H groups in total. The van der Waals surface area contributed by atoms with Gasteiger partial charge in [0.05, 0.1) is 0 Å². The van der Waals surface area contributed by atoms with Crippen molar-refractivity contribution in [1.29, 1.82) is 0 Å². The Kier molecular flexibility index (Phi) is 1.08. The van der Waals surface area contributed by atoms with Gasteiger partial charge in [0.2, 0.25) is 0 Å². The summed E-state index contributed by atoms with van der Waals surface area (Å²) in [4.78, 5) is 0. The van der Waals surface area contributed by atoms with E-state index >= 15 is 0 Å². The molecule has 1 rings (SSSR count). The third kappa shape index (κ3) is 1.08. The van der Waals surface area contributed by atoms with E-state index in [0.29, 0.717) is 0 Å². The number of hydrogen-bond donors (Lipinski definition) is 3. The van der Waals surface area contributed by atoms with Crippen LogP contribution in [-0.4, -0.2) is 16.1 Å². The summed E-state index contributed by atoms with van der Waals surface area (Å²) in [6.45, 7) is 0. The van der Waals surface area contributed by atoms with E-state index in [4.69, 9.17) is 10.2 Å². The first-order chi connectivity index (χ1) is 3.71. The van der Waals surface area contributed by atoms with Crippen LogP contribution in [0.3, 0.4) is 0 Å². The molecule has 44 valence electrons. The summed E-state index contributed by atoms with van der Waals surface area (Å²) in [6, 6.07) is 0. The normalized spacial score (nSPS) is 22.8. The smallest absolute Gasteiger partial charge is 0.265 e. The van der Waals surface area contributed by atoms with Crippen molar-refractivity contribution in [2.75, 3.05) is 0 Å². The van der Waals surface area contributed by atoms with E-state index < -0.39 is 5.91 Å². The van der Waals surface area contributed by atoms with Crippen LogP contribution in [0.1, 0.15) is 0 Å². The third-order valence-electron chi connectivity index (χ3n) is 0.832. The Morgan fingerprint density at radius 2 is 2.00 bits per heavy atom. The van der Waals surface area contributed by atoms with Crippen molar-refractivity contribution in [1.82, 2.24) is 5.32 Å². The first-order valence-corrected chi connectivity index (χ1v) is 2.27. The summed E-state index contributed by atoms with van der Waals surface area (Å²) >= 11 is 0. The van der Waals surface area contributed by atoms with Crippen molar-refractivity contribution < 1.29 is 10.2 Å². The molecular formula is C5H7NO2. The van der Waals surface area contributed by atoms with Gasteiger partial charge in [0, 0.05) is 6.20 Å². The predicted octanol–water partition coefficient (Wildman–Crippen LogP) is -0.702. The number of hydrogen-bond acceptors (Lipinski definition) is 3. The van der Waals surface area contributed by atoms with Crippen molar-refractivity contribution >= 4 is 0 Å². The second-order valence-electron chi connectivity index (χ2n) is 1.59. The summed E-state index contributed by atoms with van der Waals surface area (Å²) in [7, 11) is 0.